The summed E-state index contributed by atoms with van der Waals surface area (Å²) >= 11 is 0. The molecule has 1 N–H and O–H groups in total. The molecular weight excluding hydrogens is 344 g/mol. The Balaban J connectivity index is 1.40. The quantitative estimate of drug-likeness (QED) is 0.732. The number of morpholine rings is 1. The van der Waals surface area contributed by atoms with E-state index in [-0.39, 0.29) is 0 Å². The van der Waals surface area contributed by atoms with Crippen molar-refractivity contribution < 1.29 is 4.74 Å². The van der Waals surface area contributed by atoms with E-state index in [0.29, 0.717) is 17.3 Å². The summed E-state index contributed by atoms with van der Waals surface area (Å²) in [6, 6.07) is 4.07. The fourth-order valence-corrected chi connectivity index (χ4v) is 3.33. The molecule has 0 amide bonds. The zero-order valence-corrected chi connectivity index (χ0v) is 15.3. The van der Waals surface area contributed by atoms with Gasteiger partial charge in [0.05, 0.1) is 24.6 Å². The number of hydrogen-bond acceptors (Lipinski definition) is 8. The molecule has 9 nitrogen and oxygen atoms in total. The lowest BCUT2D eigenvalue weighted by Crippen LogP contribution is -2.36. The number of pyridine rings is 1. The van der Waals surface area contributed by atoms with Crippen molar-refractivity contribution in [2.24, 2.45) is 5.92 Å². The summed E-state index contributed by atoms with van der Waals surface area (Å²) < 4.78 is 7.30. The Morgan fingerprint density at radius 3 is 2.81 bits per heavy atom. The van der Waals surface area contributed by atoms with Gasteiger partial charge in [0, 0.05) is 19.6 Å². The highest BCUT2D eigenvalue weighted by Gasteiger charge is 2.24. The van der Waals surface area contributed by atoms with E-state index in [2.05, 4.69) is 30.5 Å². The number of hydrogen-bond donors (Lipinski definition) is 1. The summed E-state index contributed by atoms with van der Waals surface area (Å²) in [4.78, 5) is 15.7. The van der Waals surface area contributed by atoms with Crippen LogP contribution in [-0.2, 0) is 11.3 Å². The fourth-order valence-electron chi connectivity index (χ4n) is 3.33. The molecule has 0 radical (unpaired) electrons. The van der Waals surface area contributed by atoms with E-state index in [0.717, 1.165) is 55.7 Å². The van der Waals surface area contributed by atoms with Crippen LogP contribution in [0, 0.1) is 12.8 Å². The number of aromatic nitrogens is 6. The number of ether oxygens (including phenoxy) is 1. The van der Waals surface area contributed by atoms with Gasteiger partial charge in [0.15, 0.2) is 17.0 Å². The maximum absolute atomic E-state index is 5.41. The average molecular weight is 366 g/mol. The van der Waals surface area contributed by atoms with Gasteiger partial charge in [-0.3, -0.25) is 0 Å². The highest BCUT2D eigenvalue weighted by molar-refractivity contribution is 5.84. The summed E-state index contributed by atoms with van der Waals surface area (Å²) in [5, 5.41) is 11.9. The third-order valence-electron chi connectivity index (χ3n) is 5.09. The van der Waals surface area contributed by atoms with Gasteiger partial charge in [-0.15, -0.1) is 5.10 Å². The zero-order chi connectivity index (χ0) is 18.2. The zero-order valence-electron chi connectivity index (χ0n) is 15.3. The summed E-state index contributed by atoms with van der Waals surface area (Å²) in [6.07, 6.45) is 4.08. The molecule has 2 aliphatic rings. The Bertz CT molecular complexity index is 961. The lowest BCUT2D eigenvalue weighted by Gasteiger charge is -2.28. The summed E-state index contributed by atoms with van der Waals surface area (Å²) in [5.74, 6) is 2.34. The van der Waals surface area contributed by atoms with Crippen molar-refractivity contribution in [2.45, 2.75) is 26.3 Å². The third kappa shape index (κ3) is 3.30. The predicted octanol–water partition coefficient (Wildman–Crippen LogP) is 1.91. The van der Waals surface area contributed by atoms with Gasteiger partial charge in [-0.1, -0.05) is 5.21 Å². The Labute approximate surface area is 156 Å². The lowest BCUT2D eigenvalue weighted by atomic mass is 10.3. The molecule has 1 saturated heterocycles. The standard InChI is InChI=1S/C18H22N8O/c1-12-14(4-5-15(21-12)25-6-8-27-9-7-25)22-17-16-18(20-11-19-17)26(24-23-16)10-13-2-3-13/h4-5,11,13H,2-3,6-10H2,1H3,(H,19,20,22). The molecule has 3 aromatic rings. The molecule has 3 aromatic heterocycles. The van der Waals surface area contributed by atoms with Gasteiger partial charge in [0.25, 0.3) is 0 Å². The van der Waals surface area contributed by atoms with E-state index < -0.39 is 0 Å². The maximum atomic E-state index is 5.41. The predicted molar refractivity (Wildman–Crippen MR) is 101 cm³/mol. The summed E-state index contributed by atoms with van der Waals surface area (Å²) in [6.45, 7) is 6.11. The monoisotopic (exact) mass is 366 g/mol. The Kier molecular flexibility index (Phi) is 4.08. The lowest BCUT2D eigenvalue weighted by molar-refractivity contribution is 0.122. The number of nitrogens with zero attached hydrogens (tertiary/aromatic N) is 7. The SMILES string of the molecule is Cc1nc(N2CCOCC2)ccc1Nc1ncnc2c1nnn2CC1CC1. The first-order valence-corrected chi connectivity index (χ1v) is 9.39. The molecular formula is C18H22N8O. The van der Waals surface area contributed by atoms with Crippen molar-refractivity contribution in [1.29, 1.82) is 0 Å². The molecule has 1 aliphatic carbocycles. The van der Waals surface area contributed by atoms with Crippen LogP contribution in [0.2, 0.25) is 0 Å². The average Bonchev–Trinajstić information content (AvgIpc) is 3.43. The van der Waals surface area contributed by atoms with E-state index in [1.165, 1.54) is 12.8 Å². The van der Waals surface area contributed by atoms with Crippen LogP contribution in [0.25, 0.3) is 11.2 Å². The second kappa shape index (κ2) is 6.73. The van der Waals surface area contributed by atoms with Crippen molar-refractivity contribution in [3.05, 3.63) is 24.2 Å². The fraction of sp³-hybridized carbons (Fsp3) is 0.500. The second-order valence-corrected chi connectivity index (χ2v) is 7.14. The van der Waals surface area contributed by atoms with Gasteiger partial charge < -0.3 is 15.0 Å². The smallest absolute Gasteiger partial charge is 0.183 e. The van der Waals surface area contributed by atoms with Gasteiger partial charge in [-0.05, 0) is 37.8 Å². The highest BCUT2D eigenvalue weighted by atomic mass is 16.5. The number of nitrogens with one attached hydrogen (secondary N) is 1. The van der Waals surface area contributed by atoms with E-state index in [1.54, 1.807) is 6.33 Å². The van der Waals surface area contributed by atoms with Crippen molar-refractivity contribution >= 4 is 28.5 Å². The molecule has 0 spiro atoms. The van der Waals surface area contributed by atoms with E-state index >= 15 is 0 Å². The third-order valence-corrected chi connectivity index (χ3v) is 5.09. The molecule has 0 bridgehead atoms. The van der Waals surface area contributed by atoms with Gasteiger partial charge in [-0.25, -0.2) is 19.6 Å². The maximum Gasteiger partial charge on any atom is 0.183 e. The van der Waals surface area contributed by atoms with Gasteiger partial charge in [0.1, 0.15) is 12.1 Å². The molecule has 2 fully saturated rings. The highest BCUT2D eigenvalue weighted by Crippen LogP contribution is 2.31. The second-order valence-electron chi connectivity index (χ2n) is 7.14. The molecule has 140 valence electrons. The normalized spacial score (nSPS) is 17.4. The molecule has 0 atom stereocenters. The molecule has 1 saturated carbocycles. The minimum atomic E-state index is 0.658. The summed E-state index contributed by atoms with van der Waals surface area (Å²) in [7, 11) is 0. The first-order chi connectivity index (χ1) is 13.3. The molecule has 4 heterocycles. The number of rotatable bonds is 5. The largest absolute Gasteiger partial charge is 0.378 e. The van der Waals surface area contributed by atoms with Crippen LogP contribution >= 0.6 is 0 Å². The minimum absolute atomic E-state index is 0.658. The number of aryl methyl sites for hydroxylation is 1. The number of fused-ring (bicyclic) bond motifs is 1. The van der Waals surface area contributed by atoms with Crippen molar-refractivity contribution in [3.8, 4) is 0 Å². The Hall–Kier alpha value is -2.81. The van der Waals surface area contributed by atoms with Gasteiger partial charge in [0.2, 0.25) is 0 Å². The van der Waals surface area contributed by atoms with Crippen LogP contribution in [0.3, 0.4) is 0 Å². The Morgan fingerprint density at radius 1 is 1.19 bits per heavy atom. The van der Waals surface area contributed by atoms with Crippen molar-refractivity contribution in [1.82, 2.24) is 29.9 Å². The van der Waals surface area contributed by atoms with Crippen molar-refractivity contribution in [3.63, 3.8) is 0 Å². The van der Waals surface area contributed by atoms with Crippen LogP contribution in [0.4, 0.5) is 17.3 Å². The van der Waals surface area contributed by atoms with Crippen molar-refractivity contribution in [2.75, 3.05) is 36.5 Å². The van der Waals surface area contributed by atoms with Gasteiger partial charge >= 0.3 is 0 Å². The number of anilines is 3. The van der Waals surface area contributed by atoms with E-state index in [1.807, 2.05) is 23.7 Å². The molecule has 1 aliphatic heterocycles. The van der Waals surface area contributed by atoms with E-state index in [9.17, 15) is 0 Å². The van der Waals surface area contributed by atoms with Gasteiger partial charge in [-0.2, -0.15) is 0 Å². The van der Waals surface area contributed by atoms with E-state index in [4.69, 9.17) is 9.72 Å². The summed E-state index contributed by atoms with van der Waals surface area (Å²) in [5.41, 5.74) is 3.28. The molecule has 5 rings (SSSR count). The van der Waals surface area contributed by atoms with Crippen LogP contribution in [0.15, 0.2) is 18.5 Å². The molecule has 27 heavy (non-hydrogen) atoms. The topological polar surface area (TPSA) is 93.9 Å². The van der Waals surface area contributed by atoms with Crippen LogP contribution in [0.5, 0.6) is 0 Å². The van der Waals surface area contributed by atoms with Crippen LogP contribution in [-0.4, -0.2) is 56.2 Å². The van der Waals surface area contributed by atoms with Crippen LogP contribution < -0.4 is 10.2 Å². The first kappa shape index (κ1) is 16.4. The molecule has 0 unspecified atom stereocenters. The molecule has 0 aromatic carbocycles. The Morgan fingerprint density at radius 2 is 2.04 bits per heavy atom. The van der Waals surface area contributed by atoms with Crippen LogP contribution in [0.1, 0.15) is 18.5 Å². The minimum Gasteiger partial charge on any atom is -0.378 e. The first-order valence-electron chi connectivity index (χ1n) is 9.39. The molecule has 9 heteroatoms.